The van der Waals surface area contributed by atoms with Crippen molar-refractivity contribution in [3.05, 3.63) is 35.9 Å². The lowest BCUT2D eigenvalue weighted by Crippen LogP contribution is -2.75. The average Bonchev–Trinajstić information content (AvgIpc) is 2.65. The zero-order valence-corrected chi connectivity index (χ0v) is 17.9. The second-order valence-electron chi connectivity index (χ2n) is 7.76. The van der Waals surface area contributed by atoms with Crippen molar-refractivity contribution in [1.29, 1.82) is 0 Å². The van der Waals surface area contributed by atoms with Crippen LogP contribution in [0.3, 0.4) is 0 Å². The molecule has 0 spiro atoms. The zero-order chi connectivity index (χ0) is 20.2. The van der Waals surface area contributed by atoms with E-state index in [1.807, 2.05) is 30.3 Å². The predicted octanol–water partition coefficient (Wildman–Crippen LogP) is 1.60. The van der Waals surface area contributed by atoms with Gasteiger partial charge in [-0.25, -0.2) is 9.59 Å². The highest BCUT2D eigenvalue weighted by Crippen LogP contribution is 2.36. The third kappa shape index (κ3) is 4.88. The molecule has 0 radical (unpaired) electrons. The van der Waals surface area contributed by atoms with Crippen LogP contribution in [0.4, 0.5) is 4.79 Å². The summed E-state index contributed by atoms with van der Waals surface area (Å²) < 4.78 is 11.6. The monoisotopic (exact) mass is 392 g/mol. The molecule has 8 heteroatoms. The van der Waals surface area contributed by atoms with Gasteiger partial charge in [0.2, 0.25) is 5.91 Å². The summed E-state index contributed by atoms with van der Waals surface area (Å²) in [4.78, 5) is 36.9. The molecular formula is C19H28N2O5Si. The SMILES string of the molecule is COC(=O)C1C(NC(=O)OCc2ccccc2)C(=O)N1[SiH2]C(C)(C)C(C)C. The molecule has 1 aromatic carbocycles. The van der Waals surface area contributed by atoms with Gasteiger partial charge in [0.25, 0.3) is 0 Å². The minimum Gasteiger partial charge on any atom is -0.467 e. The van der Waals surface area contributed by atoms with E-state index in [1.54, 1.807) is 4.57 Å². The predicted molar refractivity (Wildman–Crippen MR) is 104 cm³/mol. The van der Waals surface area contributed by atoms with Crippen LogP contribution < -0.4 is 5.32 Å². The average molecular weight is 393 g/mol. The molecule has 0 bridgehead atoms. The Morgan fingerprint density at radius 3 is 2.44 bits per heavy atom. The first-order valence-electron chi connectivity index (χ1n) is 9.03. The van der Waals surface area contributed by atoms with Gasteiger partial charge < -0.3 is 19.4 Å². The van der Waals surface area contributed by atoms with E-state index in [-0.39, 0.29) is 17.6 Å². The fourth-order valence-electron chi connectivity index (χ4n) is 2.76. The molecule has 2 unspecified atom stereocenters. The van der Waals surface area contributed by atoms with E-state index < -0.39 is 33.8 Å². The summed E-state index contributed by atoms with van der Waals surface area (Å²) in [6.07, 6.45) is -0.726. The Morgan fingerprint density at radius 2 is 1.89 bits per heavy atom. The fraction of sp³-hybridized carbons (Fsp3) is 0.526. The van der Waals surface area contributed by atoms with Gasteiger partial charge in [-0.05, 0) is 16.5 Å². The van der Waals surface area contributed by atoms with Crippen molar-refractivity contribution in [2.24, 2.45) is 5.92 Å². The van der Waals surface area contributed by atoms with Gasteiger partial charge in [0.05, 0.1) is 7.11 Å². The number of ether oxygens (including phenoxy) is 2. The molecule has 27 heavy (non-hydrogen) atoms. The molecule has 2 atom stereocenters. The Bertz CT molecular complexity index is 693. The van der Waals surface area contributed by atoms with E-state index in [4.69, 9.17) is 9.47 Å². The molecule has 0 aromatic heterocycles. The number of hydrogen-bond donors (Lipinski definition) is 1. The van der Waals surface area contributed by atoms with Crippen LogP contribution in [0.15, 0.2) is 30.3 Å². The minimum absolute atomic E-state index is 0.0410. The van der Waals surface area contributed by atoms with Crippen LogP contribution in [0.5, 0.6) is 0 Å². The molecule has 1 aliphatic heterocycles. The quantitative estimate of drug-likeness (QED) is 0.433. The first-order valence-corrected chi connectivity index (χ1v) is 10.4. The number of hydrogen-bond acceptors (Lipinski definition) is 5. The van der Waals surface area contributed by atoms with Gasteiger partial charge in [0.15, 0.2) is 6.04 Å². The number of amides is 2. The molecule has 1 fully saturated rings. The fourth-order valence-corrected chi connectivity index (χ4v) is 4.92. The van der Waals surface area contributed by atoms with Gasteiger partial charge in [-0.15, -0.1) is 0 Å². The van der Waals surface area contributed by atoms with Crippen molar-refractivity contribution in [2.75, 3.05) is 7.11 Å². The highest BCUT2D eigenvalue weighted by Gasteiger charge is 2.54. The van der Waals surface area contributed by atoms with E-state index in [1.165, 1.54) is 7.11 Å². The van der Waals surface area contributed by atoms with Crippen LogP contribution in [0.2, 0.25) is 5.04 Å². The maximum absolute atomic E-state index is 12.6. The number of β-lactam (4-membered cyclic amide) rings is 1. The van der Waals surface area contributed by atoms with Gasteiger partial charge in [0, 0.05) is 0 Å². The molecule has 2 amide bonds. The third-order valence-corrected chi connectivity index (χ3v) is 7.95. The standard InChI is InChI=1S/C19H28N2O5Si/c1-12(2)19(3,4)27-21-15(17(23)25-5)14(16(21)22)20-18(24)26-11-13-9-7-6-8-10-13/h6-10,12,14-15H,11,27H2,1-5H3,(H,20,24). The van der Waals surface area contributed by atoms with E-state index in [9.17, 15) is 14.4 Å². The Hall–Kier alpha value is -2.35. The number of carbonyl (C=O) groups excluding carboxylic acids is 3. The number of esters is 1. The summed E-state index contributed by atoms with van der Waals surface area (Å²) >= 11 is 0. The summed E-state index contributed by atoms with van der Waals surface area (Å²) in [5.74, 6) is -0.393. The second-order valence-corrected chi connectivity index (χ2v) is 10.6. The highest BCUT2D eigenvalue weighted by molar-refractivity contribution is 6.43. The van der Waals surface area contributed by atoms with Crippen LogP contribution in [0.25, 0.3) is 0 Å². The summed E-state index contributed by atoms with van der Waals surface area (Å²) in [6, 6.07) is 7.51. The minimum atomic E-state index is -1.07. The molecule has 1 aromatic rings. The Kier molecular flexibility index (Phi) is 6.64. The number of alkyl carbamates (subject to hydrolysis) is 1. The van der Waals surface area contributed by atoms with Gasteiger partial charge in [-0.3, -0.25) is 4.79 Å². The van der Waals surface area contributed by atoms with Crippen LogP contribution in [0.1, 0.15) is 33.3 Å². The molecule has 1 saturated heterocycles. The van der Waals surface area contributed by atoms with Crippen LogP contribution >= 0.6 is 0 Å². The first kappa shape index (κ1) is 21.0. The molecule has 0 saturated carbocycles. The van der Waals surface area contributed by atoms with Crippen LogP contribution in [-0.4, -0.2) is 51.4 Å². The Morgan fingerprint density at radius 1 is 1.26 bits per heavy atom. The first-order chi connectivity index (χ1) is 12.7. The van der Waals surface area contributed by atoms with Crippen molar-refractivity contribution < 1.29 is 23.9 Å². The lowest BCUT2D eigenvalue weighted by Gasteiger charge is -2.48. The van der Waals surface area contributed by atoms with Crippen molar-refractivity contribution in [3.63, 3.8) is 0 Å². The maximum Gasteiger partial charge on any atom is 0.408 e. The number of carbonyl (C=O) groups is 3. The summed E-state index contributed by atoms with van der Waals surface area (Å²) in [5, 5.41) is 2.47. The Labute approximate surface area is 162 Å². The van der Waals surface area contributed by atoms with E-state index >= 15 is 0 Å². The Balaban J connectivity index is 2.00. The van der Waals surface area contributed by atoms with Gasteiger partial charge >= 0.3 is 12.1 Å². The highest BCUT2D eigenvalue weighted by atomic mass is 28.2. The molecule has 0 aliphatic carbocycles. The van der Waals surface area contributed by atoms with E-state index in [0.717, 1.165) is 5.56 Å². The van der Waals surface area contributed by atoms with E-state index in [2.05, 4.69) is 33.0 Å². The molecule has 1 aliphatic rings. The summed E-state index contributed by atoms with van der Waals surface area (Å²) in [7, 11) is 0.209. The smallest absolute Gasteiger partial charge is 0.408 e. The lowest BCUT2D eigenvalue weighted by atomic mass is 9.98. The van der Waals surface area contributed by atoms with Gasteiger partial charge in [-0.1, -0.05) is 58.0 Å². The molecular weight excluding hydrogens is 364 g/mol. The number of nitrogens with zero attached hydrogens (tertiary/aromatic N) is 1. The number of nitrogens with one attached hydrogen (secondary N) is 1. The molecule has 1 heterocycles. The van der Waals surface area contributed by atoms with Crippen molar-refractivity contribution in [3.8, 4) is 0 Å². The third-order valence-electron chi connectivity index (χ3n) is 5.27. The van der Waals surface area contributed by atoms with Crippen LogP contribution in [-0.2, 0) is 25.7 Å². The number of benzene rings is 1. The lowest BCUT2D eigenvalue weighted by molar-refractivity contribution is -0.161. The van der Waals surface area contributed by atoms with Crippen molar-refractivity contribution >= 4 is 27.7 Å². The van der Waals surface area contributed by atoms with E-state index in [0.29, 0.717) is 5.92 Å². The molecule has 1 N–H and O–H groups in total. The maximum atomic E-state index is 12.6. The summed E-state index contributed by atoms with van der Waals surface area (Å²) in [6.45, 7) is 8.48. The molecule has 2 rings (SSSR count). The number of rotatable bonds is 7. The van der Waals surface area contributed by atoms with Gasteiger partial charge in [-0.2, -0.15) is 0 Å². The normalized spacial score (nSPS) is 19.9. The zero-order valence-electron chi connectivity index (χ0n) is 16.5. The van der Waals surface area contributed by atoms with Crippen LogP contribution in [0, 0.1) is 5.92 Å². The topological polar surface area (TPSA) is 84.9 Å². The largest absolute Gasteiger partial charge is 0.467 e. The number of methoxy groups -OCH3 is 1. The second kappa shape index (κ2) is 8.56. The molecule has 7 nitrogen and oxygen atoms in total. The van der Waals surface area contributed by atoms with Crippen molar-refractivity contribution in [1.82, 2.24) is 9.88 Å². The van der Waals surface area contributed by atoms with Gasteiger partial charge in [0.1, 0.15) is 22.3 Å². The summed E-state index contributed by atoms with van der Waals surface area (Å²) in [5.41, 5.74) is 0.838. The molecule has 148 valence electrons. The van der Waals surface area contributed by atoms with Crippen molar-refractivity contribution in [2.45, 2.75) is 51.4 Å².